The molecule has 0 atom stereocenters. The lowest BCUT2D eigenvalue weighted by molar-refractivity contribution is 0.599. The first-order chi connectivity index (χ1) is 14.7. The van der Waals surface area contributed by atoms with Gasteiger partial charge < -0.3 is 0 Å². The highest BCUT2D eigenvalue weighted by atomic mass is 32.2. The molecule has 0 aliphatic rings. The van der Waals surface area contributed by atoms with Crippen molar-refractivity contribution in [1.29, 1.82) is 0 Å². The fraction of sp³-hybridized carbons (Fsp3) is 0.136. The Hall–Kier alpha value is -3.04. The number of sulfonamides is 1. The van der Waals surface area contributed by atoms with Crippen molar-refractivity contribution in [1.82, 2.24) is 9.13 Å². The molecule has 0 spiro atoms. The minimum absolute atomic E-state index is 0.0535. The van der Waals surface area contributed by atoms with Crippen LogP contribution in [-0.4, -0.2) is 17.6 Å². The minimum atomic E-state index is -3.96. The van der Waals surface area contributed by atoms with Crippen LogP contribution in [0.5, 0.6) is 0 Å². The molecule has 6 nitrogen and oxygen atoms in total. The summed E-state index contributed by atoms with van der Waals surface area (Å²) in [6, 6.07) is 15.9. The maximum Gasteiger partial charge on any atom is 0.328 e. The lowest BCUT2D eigenvalue weighted by atomic mass is 10.2. The van der Waals surface area contributed by atoms with Crippen LogP contribution in [0, 0.1) is 12.7 Å². The molecule has 1 aromatic heterocycles. The van der Waals surface area contributed by atoms with Crippen LogP contribution in [0.15, 0.2) is 80.1 Å². The van der Waals surface area contributed by atoms with Gasteiger partial charge in [-0.15, -0.1) is 0 Å². The standard InChI is InChI=1S/C22H20FN3O3S2/c1-14-4-8-16(9-5-14)30-21-13-20-19(25(2)22(27)26(20)3)12-18(21)24-31(28,29)17-10-6-15(23)7-11-17/h4-13,24H,1-3H3. The molecule has 0 aliphatic heterocycles. The molecule has 0 fully saturated rings. The van der Waals surface area contributed by atoms with Crippen LogP contribution in [0.1, 0.15) is 5.56 Å². The molecular formula is C22H20FN3O3S2. The molecule has 1 N–H and O–H groups in total. The fourth-order valence-corrected chi connectivity index (χ4v) is 5.29. The van der Waals surface area contributed by atoms with Gasteiger partial charge in [0, 0.05) is 23.9 Å². The molecule has 3 aromatic carbocycles. The minimum Gasteiger partial charge on any atom is -0.295 e. The van der Waals surface area contributed by atoms with E-state index in [0.29, 0.717) is 21.6 Å². The largest absolute Gasteiger partial charge is 0.328 e. The predicted molar refractivity (Wildman–Crippen MR) is 121 cm³/mol. The maximum absolute atomic E-state index is 13.2. The summed E-state index contributed by atoms with van der Waals surface area (Å²) >= 11 is 1.39. The van der Waals surface area contributed by atoms with Crippen LogP contribution in [0.2, 0.25) is 0 Å². The van der Waals surface area contributed by atoms with E-state index in [-0.39, 0.29) is 10.6 Å². The summed E-state index contributed by atoms with van der Waals surface area (Å²) in [5.41, 5.74) is 2.52. The molecule has 0 unspecified atom stereocenters. The van der Waals surface area contributed by atoms with E-state index in [1.807, 2.05) is 31.2 Å². The van der Waals surface area contributed by atoms with Gasteiger partial charge in [-0.3, -0.25) is 13.9 Å². The summed E-state index contributed by atoms with van der Waals surface area (Å²) in [7, 11) is -0.652. The number of hydrogen-bond acceptors (Lipinski definition) is 4. The van der Waals surface area contributed by atoms with Crippen molar-refractivity contribution in [3.63, 3.8) is 0 Å². The summed E-state index contributed by atoms with van der Waals surface area (Å²) in [6.07, 6.45) is 0. The number of rotatable bonds is 5. The lowest BCUT2D eigenvalue weighted by Gasteiger charge is -2.14. The quantitative estimate of drug-likeness (QED) is 0.486. The van der Waals surface area contributed by atoms with Gasteiger partial charge in [-0.25, -0.2) is 17.6 Å². The fourth-order valence-electron chi connectivity index (χ4n) is 3.24. The topological polar surface area (TPSA) is 73.1 Å². The average Bonchev–Trinajstić information content (AvgIpc) is 2.94. The number of nitrogens with one attached hydrogen (secondary N) is 1. The molecule has 1 heterocycles. The van der Waals surface area contributed by atoms with Gasteiger partial charge in [0.05, 0.1) is 21.6 Å². The number of imidazole rings is 1. The third-order valence-corrected chi connectivity index (χ3v) is 7.44. The van der Waals surface area contributed by atoms with Crippen molar-refractivity contribution in [2.45, 2.75) is 21.6 Å². The summed E-state index contributed by atoms with van der Waals surface area (Å²) in [6.45, 7) is 1.99. The van der Waals surface area contributed by atoms with Gasteiger partial charge in [-0.05, 0) is 55.5 Å². The van der Waals surface area contributed by atoms with Gasteiger partial charge in [-0.1, -0.05) is 29.5 Å². The Morgan fingerprint density at radius 1 is 0.903 bits per heavy atom. The Morgan fingerprint density at radius 3 is 2.10 bits per heavy atom. The van der Waals surface area contributed by atoms with Crippen molar-refractivity contribution in [2.24, 2.45) is 14.1 Å². The predicted octanol–water partition coefficient (Wildman–Crippen LogP) is 4.28. The third-order valence-electron chi connectivity index (χ3n) is 4.99. The summed E-state index contributed by atoms with van der Waals surface area (Å²) in [5, 5.41) is 0. The summed E-state index contributed by atoms with van der Waals surface area (Å²) in [5.74, 6) is -0.518. The van der Waals surface area contributed by atoms with E-state index in [0.717, 1.165) is 22.6 Å². The second-order valence-corrected chi connectivity index (χ2v) is 10.0. The normalized spacial score (nSPS) is 11.7. The molecule has 0 saturated carbocycles. The number of nitrogens with zero attached hydrogens (tertiary/aromatic N) is 2. The van der Waals surface area contributed by atoms with Gasteiger partial charge >= 0.3 is 5.69 Å². The molecule has 160 valence electrons. The zero-order valence-corrected chi connectivity index (χ0v) is 18.7. The molecule has 9 heteroatoms. The molecule has 31 heavy (non-hydrogen) atoms. The number of fused-ring (bicyclic) bond motifs is 1. The number of benzene rings is 3. The Morgan fingerprint density at radius 2 is 1.48 bits per heavy atom. The van der Waals surface area contributed by atoms with Crippen molar-refractivity contribution in [3.8, 4) is 0 Å². The number of halogens is 1. The molecule has 0 amide bonds. The molecule has 4 aromatic rings. The van der Waals surface area contributed by atoms with E-state index in [9.17, 15) is 17.6 Å². The highest BCUT2D eigenvalue weighted by Gasteiger charge is 2.19. The van der Waals surface area contributed by atoms with E-state index in [4.69, 9.17) is 0 Å². The molecular weight excluding hydrogens is 437 g/mol. The third kappa shape index (κ3) is 4.11. The number of aromatic nitrogens is 2. The van der Waals surface area contributed by atoms with Gasteiger partial charge in [-0.2, -0.15) is 0 Å². The number of aryl methyl sites for hydroxylation is 3. The average molecular weight is 458 g/mol. The Bertz CT molecular complexity index is 1440. The zero-order valence-electron chi connectivity index (χ0n) is 17.1. The van der Waals surface area contributed by atoms with Crippen LogP contribution in [0.25, 0.3) is 11.0 Å². The van der Waals surface area contributed by atoms with E-state index >= 15 is 0 Å². The summed E-state index contributed by atoms with van der Waals surface area (Å²) < 4.78 is 44.7. The first-order valence-electron chi connectivity index (χ1n) is 9.38. The smallest absolute Gasteiger partial charge is 0.295 e. The summed E-state index contributed by atoms with van der Waals surface area (Å²) in [4.78, 5) is 13.9. The monoisotopic (exact) mass is 457 g/mol. The Kier molecular flexibility index (Phi) is 5.40. The van der Waals surface area contributed by atoms with Crippen molar-refractivity contribution in [3.05, 3.63) is 82.5 Å². The van der Waals surface area contributed by atoms with Gasteiger partial charge in [0.2, 0.25) is 0 Å². The van der Waals surface area contributed by atoms with Crippen molar-refractivity contribution < 1.29 is 12.8 Å². The van der Waals surface area contributed by atoms with Crippen LogP contribution in [-0.2, 0) is 24.1 Å². The van der Waals surface area contributed by atoms with E-state index in [1.165, 1.54) is 33.0 Å². The molecule has 0 saturated heterocycles. The lowest BCUT2D eigenvalue weighted by Crippen LogP contribution is -2.19. The number of hydrogen-bond donors (Lipinski definition) is 1. The van der Waals surface area contributed by atoms with E-state index < -0.39 is 15.8 Å². The second-order valence-electron chi connectivity index (χ2n) is 7.21. The number of anilines is 1. The molecule has 0 bridgehead atoms. The highest BCUT2D eigenvalue weighted by molar-refractivity contribution is 7.99. The SMILES string of the molecule is Cc1ccc(Sc2cc3c(cc2NS(=O)(=O)c2ccc(F)cc2)n(C)c(=O)n3C)cc1. The van der Waals surface area contributed by atoms with Crippen LogP contribution < -0.4 is 10.4 Å². The van der Waals surface area contributed by atoms with Crippen molar-refractivity contribution >= 4 is 38.5 Å². The zero-order chi connectivity index (χ0) is 22.3. The first-order valence-corrected chi connectivity index (χ1v) is 11.7. The van der Waals surface area contributed by atoms with Gasteiger partial charge in [0.25, 0.3) is 10.0 Å². The van der Waals surface area contributed by atoms with E-state index in [2.05, 4.69) is 4.72 Å². The highest BCUT2D eigenvalue weighted by Crippen LogP contribution is 2.37. The molecule has 0 radical (unpaired) electrons. The Balaban J connectivity index is 1.85. The molecule has 4 rings (SSSR count). The first kappa shape index (κ1) is 21.2. The second kappa shape index (κ2) is 7.90. The van der Waals surface area contributed by atoms with Crippen molar-refractivity contribution in [2.75, 3.05) is 4.72 Å². The maximum atomic E-state index is 13.2. The van der Waals surface area contributed by atoms with Gasteiger partial charge in [0.15, 0.2) is 0 Å². The van der Waals surface area contributed by atoms with Crippen LogP contribution >= 0.6 is 11.8 Å². The Labute approximate surface area is 183 Å². The van der Waals surface area contributed by atoms with Crippen LogP contribution in [0.4, 0.5) is 10.1 Å². The molecule has 0 aliphatic carbocycles. The van der Waals surface area contributed by atoms with Gasteiger partial charge in [0.1, 0.15) is 5.82 Å². The van der Waals surface area contributed by atoms with E-state index in [1.54, 1.807) is 26.2 Å². The van der Waals surface area contributed by atoms with Crippen LogP contribution in [0.3, 0.4) is 0 Å².